The Morgan fingerprint density at radius 3 is 2.75 bits per heavy atom. The maximum absolute atomic E-state index is 14.0. The van der Waals surface area contributed by atoms with E-state index in [0.29, 0.717) is 16.8 Å². The molecule has 0 saturated heterocycles. The van der Waals surface area contributed by atoms with Crippen molar-refractivity contribution in [3.63, 3.8) is 0 Å². The van der Waals surface area contributed by atoms with Crippen molar-refractivity contribution in [1.29, 1.82) is 0 Å². The van der Waals surface area contributed by atoms with Crippen LogP contribution in [0.2, 0.25) is 0 Å². The van der Waals surface area contributed by atoms with Crippen LogP contribution in [-0.4, -0.2) is 10.1 Å². The van der Waals surface area contributed by atoms with E-state index >= 15 is 0 Å². The first-order chi connectivity index (χ1) is 9.66. The molecule has 2 heterocycles. The molecular formula is C15H12FN3O. The Balaban J connectivity index is 2.23. The summed E-state index contributed by atoms with van der Waals surface area (Å²) in [6.07, 6.45) is 3.38. The molecule has 4 nitrogen and oxygen atoms in total. The summed E-state index contributed by atoms with van der Waals surface area (Å²) >= 11 is 0. The summed E-state index contributed by atoms with van der Waals surface area (Å²) in [6.45, 7) is 1.92. The number of nitrogen functional groups attached to an aromatic ring is 1. The van der Waals surface area contributed by atoms with Crippen LogP contribution in [0.1, 0.15) is 5.56 Å². The van der Waals surface area contributed by atoms with Gasteiger partial charge in [0, 0.05) is 23.5 Å². The number of anilines is 1. The van der Waals surface area contributed by atoms with Crippen LogP contribution in [0.3, 0.4) is 0 Å². The molecule has 3 rings (SSSR count). The van der Waals surface area contributed by atoms with Crippen molar-refractivity contribution in [1.82, 2.24) is 10.1 Å². The SMILES string of the molecule is Cc1cncc(-c2noc(N)c2-c2ccccc2F)c1. The molecule has 0 atom stereocenters. The van der Waals surface area contributed by atoms with Gasteiger partial charge in [-0.05, 0) is 24.6 Å². The van der Waals surface area contributed by atoms with Gasteiger partial charge in [0.15, 0.2) is 0 Å². The third-order valence-corrected chi connectivity index (χ3v) is 3.01. The first-order valence-electron chi connectivity index (χ1n) is 6.09. The maximum Gasteiger partial charge on any atom is 0.230 e. The zero-order valence-electron chi connectivity index (χ0n) is 10.8. The van der Waals surface area contributed by atoms with Gasteiger partial charge in [0.25, 0.3) is 0 Å². The molecule has 2 N–H and O–H groups in total. The highest BCUT2D eigenvalue weighted by molar-refractivity contribution is 5.86. The third-order valence-electron chi connectivity index (χ3n) is 3.01. The van der Waals surface area contributed by atoms with Crippen LogP contribution in [0.4, 0.5) is 10.3 Å². The fraction of sp³-hybridized carbons (Fsp3) is 0.0667. The van der Waals surface area contributed by atoms with Gasteiger partial charge >= 0.3 is 0 Å². The van der Waals surface area contributed by atoms with Gasteiger partial charge in [0.05, 0.1) is 5.56 Å². The Kier molecular flexibility index (Phi) is 2.95. The minimum Gasteiger partial charge on any atom is -0.367 e. The van der Waals surface area contributed by atoms with Crippen molar-refractivity contribution in [2.24, 2.45) is 0 Å². The highest BCUT2D eigenvalue weighted by Crippen LogP contribution is 2.37. The summed E-state index contributed by atoms with van der Waals surface area (Å²) in [5.41, 5.74) is 8.82. The number of nitrogens with two attached hydrogens (primary N) is 1. The zero-order chi connectivity index (χ0) is 14.1. The Hall–Kier alpha value is -2.69. The number of hydrogen-bond donors (Lipinski definition) is 1. The van der Waals surface area contributed by atoms with Gasteiger partial charge in [-0.1, -0.05) is 23.4 Å². The Morgan fingerprint density at radius 1 is 1.20 bits per heavy atom. The summed E-state index contributed by atoms with van der Waals surface area (Å²) in [4.78, 5) is 4.11. The van der Waals surface area contributed by atoms with E-state index in [4.69, 9.17) is 10.3 Å². The van der Waals surface area contributed by atoms with E-state index < -0.39 is 0 Å². The van der Waals surface area contributed by atoms with Gasteiger partial charge in [0.1, 0.15) is 11.5 Å². The number of hydrogen-bond acceptors (Lipinski definition) is 4. The molecule has 0 bridgehead atoms. The van der Waals surface area contributed by atoms with E-state index in [0.717, 1.165) is 11.1 Å². The van der Waals surface area contributed by atoms with Crippen molar-refractivity contribution in [2.45, 2.75) is 6.92 Å². The van der Waals surface area contributed by atoms with Gasteiger partial charge < -0.3 is 10.3 Å². The number of rotatable bonds is 2. The molecule has 0 spiro atoms. The number of aromatic nitrogens is 2. The lowest BCUT2D eigenvalue weighted by Gasteiger charge is -2.04. The smallest absolute Gasteiger partial charge is 0.230 e. The maximum atomic E-state index is 14.0. The second kappa shape index (κ2) is 4.77. The van der Waals surface area contributed by atoms with Crippen LogP contribution in [0, 0.1) is 12.7 Å². The van der Waals surface area contributed by atoms with Gasteiger partial charge in [-0.15, -0.1) is 0 Å². The predicted octanol–water partition coefficient (Wildman–Crippen LogP) is 3.43. The van der Waals surface area contributed by atoms with E-state index in [9.17, 15) is 4.39 Å². The van der Waals surface area contributed by atoms with Crippen molar-refractivity contribution in [3.05, 3.63) is 54.1 Å². The molecule has 0 aliphatic rings. The van der Waals surface area contributed by atoms with Gasteiger partial charge in [0.2, 0.25) is 5.88 Å². The summed E-state index contributed by atoms with van der Waals surface area (Å²) in [6, 6.07) is 8.28. The molecule has 0 radical (unpaired) electrons. The molecule has 0 aliphatic heterocycles. The normalized spacial score (nSPS) is 10.7. The molecule has 0 saturated carbocycles. The fourth-order valence-electron chi connectivity index (χ4n) is 2.11. The van der Waals surface area contributed by atoms with Crippen molar-refractivity contribution < 1.29 is 8.91 Å². The third kappa shape index (κ3) is 2.03. The molecule has 0 amide bonds. The Bertz CT molecular complexity index is 767. The minimum absolute atomic E-state index is 0.0895. The lowest BCUT2D eigenvalue weighted by atomic mass is 10.0. The zero-order valence-corrected chi connectivity index (χ0v) is 10.8. The molecule has 100 valence electrons. The average molecular weight is 269 g/mol. The second-order valence-corrected chi connectivity index (χ2v) is 4.50. The molecule has 20 heavy (non-hydrogen) atoms. The molecule has 1 aromatic carbocycles. The quantitative estimate of drug-likeness (QED) is 0.774. The predicted molar refractivity (Wildman–Crippen MR) is 74.3 cm³/mol. The first-order valence-corrected chi connectivity index (χ1v) is 6.09. The Morgan fingerprint density at radius 2 is 2.00 bits per heavy atom. The Labute approximate surface area is 115 Å². The van der Waals surface area contributed by atoms with Gasteiger partial charge in [-0.2, -0.15) is 0 Å². The number of nitrogens with zero attached hydrogens (tertiary/aromatic N) is 2. The van der Waals surface area contributed by atoms with Crippen LogP contribution in [0.25, 0.3) is 22.4 Å². The highest BCUT2D eigenvalue weighted by atomic mass is 19.1. The van der Waals surface area contributed by atoms with E-state index in [-0.39, 0.29) is 11.7 Å². The highest BCUT2D eigenvalue weighted by Gasteiger charge is 2.20. The minimum atomic E-state index is -0.371. The van der Waals surface area contributed by atoms with Crippen molar-refractivity contribution in [3.8, 4) is 22.4 Å². The molecule has 2 aromatic heterocycles. The van der Waals surface area contributed by atoms with E-state index in [1.54, 1.807) is 30.6 Å². The van der Waals surface area contributed by atoms with Gasteiger partial charge in [-0.25, -0.2) is 4.39 Å². The number of benzene rings is 1. The average Bonchev–Trinajstić information content (AvgIpc) is 2.81. The first kappa shape index (κ1) is 12.3. The monoisotopic (exact) mass is 269 g/mol. The number of halogens is 1. The second-order valence-electron chi connectivity index (χ2n) is 4.50. The van der Waals surface area contributed by atoms with Crippen molar-refractivity contribution in [2.75, 3.05) is 5.73 Å². The largest absolute Gasteiger partial charge is 0.367 e. The standard InChI is InChI=1S/C15H12FN3O/c1-9-6-10(8-18-7-9)14-13(15(17)20-19-14)11-4-2-3-5-12(11)16/h2-8H,17H2,1H3. The molecule has 0 aliphatic carbocycles. The molecular weight excluding hydrogens is 257 g/mol. The topological polar surface area (TPSA) is 64.9 Å². The molecule has 0 fully saturated rings. The van der Waals surface area contributed by atoms with Crippen LogP contribution < -0.4 is 5.73 Å². The van der Waals surface area contributed by atoms with E-state index in [1.807, 2.05) is 13.0 Å². The molecule has 5 heteroatoms. The van der Waals surface area contributed by atoms with Crippen molar-refractivity contribution >= 4 is 5.88 Å². The lowest BCUT2D eigenvalue weighted by Crippen LogP contribution is -1.91. The van der Waals surface area contributed by atoms with Crippen LogP contribution >= 0.6 is 0 Å². The number of pyridine rings is 1. The summed E-state index contributed by atoms with van der Waals surface area (Å²) in [7, 11) is 0. The molecule has 0 unspecified atom stereocenters. The lowest BCUT2D eigenvalue weighted by molar-refractivity contribution is 0.439. The van der Waals surface area contributed by atoms with Gasteiger partial charge in [-0.3, -0.25) is 4.98 Å². The summed E-state index contributed by atoms with van der Waals surface area (Å²) in [5, 5.41) is 3.94. The number of aryl methyl sites for hydroxylation is 1. The fourth-order valence-corrected chi connectivity index (χ4v) is 2.11. The summed E-state index contributed by atoms with van der Waals surface area (Å²) < 4.78 is 19.0. The van der Waals surface area contributed by atoms with E-state index in [1.165, 1.54) is 6.07 Å². The van der Waals surface area contributed by atoms with E-state index in [2.05, 4.69) is 10.1 Å². The van der Waals surface area contributed by atoms with Crippen LogP contribution in [0.15, 0.2) is 47.2 Å². The summed E-state index contributed by atoms with van der Waals surface area (Å²) in [5.74, 6) is -0.282. The van der Waals surface area contributed by atoms with Crippen LogP contribution in [-0.2, 0) is 0 Å². The van der Waals surface area contributed by atoms with Crippen LogP contribution in [0.5, 0.6) is 0 Å². The molecule has 3 aromatic rings.